The van der Waals surface area contributed by atoms with Gasteiger partial charge in [-0.05, 0) is 23.0 Å². The molecule has 1 saturated carbocycles. The molecule has 1 fully saturated rings. The molecule has 1 heteroatoms. The van der Waals surface area contributed by atoms with E-state index in [0.29, 0.717) is 11.7 Å². The van der Waals surface area contributed by atoms with Crippen LogP contribution in [0.25, 0.3) is 0 Å². The third kappa shape index (κ3) is 2.00. The van der Waals surface area contributed by atoms with E-state index < -0.39 is 0 Å². The molecule has 2 unspecified atom stereocenters. The fourth-order valence-electron chi connectivity index (χ4n) is 2.85. The van der Waals surface area contributed by atoms with Crippen LogP contribution in [0.15, 0.2) is 24.3 Å². The molecule has 1 aliphatic carbocycles. The van der Waals surface area contributed by atoms with Gasteiger partial charge in [-0.3, -0.25) is 4.79 Å². The molecule has 0 saturated heterocycles. The van der Waals surface area contributed by atoms with Gasteiger partial charge in [0.2, 0.25) is 0 Å². The molecule has 2 rings (SSSR count). The van der Waals surface area contributed by atoms with Gasteiger partial charge in [0, 0.05) is 17.8 Å². The van der Waals surface area contributed by atoms with Crippen LogP contribution in [0.3, 0.4) is 0 Å². The smallest absolute Gasteiger partial charge is 0.140 e. The highest BCUT2D eigenvalue weighted by Gasteiger charge is 2.49. The standard InChI is InChI=1S/C17H24O/c1-6-17(5)14(11-15(17)18)12-7-9-13(10-8-12)16(2,3)4/h7-10,14H,6,11H2,1-5H3. The molecule has 2 atom stereocenters. The number of rotatable bonds is 2. The van der Waals surface area contributed by atoms with E-state index in [2.05, 4.69) is 58.9 Å². The topological polar surface area (TPSA) is 17.1 Å². The van der Waals surface area contributed by atoms with Crippen molar-refractivity contribution in [2.45, 2.75) is 58.8 Å². The van der Waals surface area contributed by atoms with Crippen molar-refractivity contribution in [1.82, 2.24) is 0 Å². The second kappa shape index (κ2) is 4.22. The summed E-state index contributed by atoms with van der Waals surface area (Å²) in [6.07, 6.45) is 1.66. The van der Waals surface area contributed by atoms with Crippen LogP contribution in [0.5, 0.6) is 0 Å². The Morgan fingerprint density at radius 2 is 1.78 bits per heavy atom. The molecule has 0 N–H and O–H groups in total. The SMILES string of the molecule is CCC1(C)C(=O)CC1c1ccc(C(C)(C)C)cc1. The van der Waals surface area contributed by atoms with E-state index in [1.165, 1.54) is 11.1 Å². The van der Waals surface area contributed by atoms with E-state index in [0.717, 1.165) is 12.8 Å². The number of hydrogen-bond acceptors (Lipinski definition) is 1. The fourth-order valence-corrected chi connectivity index (χ4v) is 2.85. The predicted octanol–water partition coefficient (Wildman–Crippen LogP) is 4.46. The molecular formula is C17H24O. The van der Waals surface area contributed by atoms with E-state index in [9.17, 15) is 4.79 Å². The van der Waals surface area contributed by atoms with E-state index in [-0.39, 0.29) is 10.8 Å². The van der Waals surface area contributed by atoms with Crippen molar-refractivity contribution in [2.24, 2.45) is 5.41 Å². The molecule has 1 aromatic carbocycles. The number of carbonyl (C=O) groups is 1. The number of Topliss-reactive ketones (excluding diaryl/α,β-unsaturated/α-hetero) is 1. The van der Waals surface area contributed by atoms with Crippen molar-refractivity contribution in [1.29, 1.82) is 0 Å². The minimum absolute atomic E-state index is 0.122. The maximum Gasteiger partial charge on any atom is 0.140 e. The maximum atomic E-state index is 11.8. The molecule has 0 heterocycles. The highest BCUT2D eigenvalue weighted by Crippen LogP contribution is 2.51. The Morgan fingerprint density at radius 1 is 1.22 bits per heavy atom. The van der Waals surface area contributed by atoms with Crippen LogP contribution in [0.2, 0.25) is 0 Å². The Kier molecular flexibility index (Phi) is 3.12. The third-order valence-electron chi connectivity index (χ3n) is 4.71. The second-order valence-corrected chi connectivity index (χ2v) is 6.82. The first-order chi connectivity index (χ1) is 8.29. The van der Waals surface area contributed by atoms with Gasteiger partial charge in [0.25, 0.3) is 0 Å². The molecule has 0 spiro atoms. The molecule has 1 aromatic rings. The molecule has 0 amide bonds. The van der Waals surface area contributed by atoms with Crippen LogP contribution in [0.1, 0.15) is 64.5 Å². The average molecular weight is 244 g/mol. The van der Waals surface area contributed by atoms with E-state index >= 15 is 0 Å². The lowest BCUT2D eigenvalue weighted by Gasteiger charge is -2.45. The van der Waals surface area contributed by atoms with Gasteiger partial charge in [0.15, 0.2) is 0 Å². The van der Waals surface area contributed by atoms with Crippen LogP contribution in [-0.4, -0.2) is 5.78 Å². The molecule has 0 radical (unpaired) electrons. The van der Waals surface area contributed by atoms with Crippen LogP contribution < -0.4 is 0 Å². The van der Waals surface area contributed by atoms with Gasteiger partial charge in [-0.1, -0.05) is 58.9 Å². The van der Waals surface area contributed by atoms with E-state index in [1.54, 1.807) is 0 Å². The van der Waals surface area contributed by atoms with Crippen molar-refractivity contribution in [2.75, 3.05) is 0 Å². The normalized spacial score (nSPS) is 28.1. The van der Waals surface area contributed by atoms with Gasteiger partial charge in [-0.2, -0.15) is 0 Å². The second-order valence-electron chi connectivity index (χ2n) is 6.82. The molecule has 18 heavy (non-hydrogen) atoms. The lowest BCUT2D eigenvalue weighted by molar-refractivity contribution is -0.139. The first kappa shape index (κ1) is 13.3. The van der Waals surface area contributed by atoms with E-state index in [4.69, 9.17) is 0 Å². The van der Waals surface area contributed by atoms with Gasteiger partial charge in [-0.25, -0.2) is 0 Å². The minimum atomic E-state index is -0.122. The first-order valence-electron chi connectivity index (χ1n) is 6.93. The number of ketones is 1. The van der Waals surface area contributed by atoms with Crippen molar-refractivity contribution in [3.05, 3.63) is 35.4 Å². The Balaban J connectivity index is 2.24. The summed E-state index contributed by atoms with van der Waals surface area (Å²) in [6, 6.07) is 8.86. The zero-order valence-corrected chi connectivity index (χ0v) is 12.2. The Labute approximate surface area is 111 Å². The summed E-state index contributed by atoms with van der Waals surface area (Å²) in [5, 5.41) is 0. The Morgan fingerprint density at radius 3 is 2.17 bits per heavy atom. The Hall–Kier alpha value is -1.11. The van der Waals surface area contributed by atoms with Crippen molar-refractivity contribution >= 4 is 5.78 Å². The van der Waals surface area contributed by atoms with Gasteiger partial charge < -0.3 is 0 Å². The molecule has 0 aromatic heterocycles. The van der Waals surface area contributed by atoms with Gasteiger partial charge in [0.05, 0.1) is 0 Å². The summed E-state index contributed by atoms with van der Waals surface area (Å²) < 4.78 is 0. The van der Waals surface area contributed by atoms with Crippen LogP contribution in [0, 0.1) is 5.41 Å². The first-order valence-corrected chi connectivity index (χ1v) is 6.93. The van der Waals surface area contributed by atoms with Crippen molar-refractivity contribution in [3.8, 4) is 0 Å². The van der Waals surface area contributed by atoms with Gasteiger partial charge in [-0.15, -0.1) is 0 Å². The van der Waals surface area contributed by atoms with Crippen LogP contribution in [-0.2, 0) is 10.2 Å². The molecule has 98 valence electrons. The summed E-state index contributed by atoms with van der Waals surface area (Å²) in [6.45, 7) is 10.9. The van der Waals surface area contributed by atoms with Crippen LogP contribution >= 0.6 is 0 Å². The maximum absolute atomic E-state index is 11.8. The monoisotopic (exact) mass is 244 g/mol. The lowest BCUT2D eigenvalue weighted by atomic mass is 9.56. The summed E-state index contributed by atoms with van der Waals surface area (Å²) >= 11 is 0. The zero-order valence-electron chi connectivity index (χ0n) is 12.2. The number of hydrogen-bond donors (Lipinski definition) is 0. The summed E-state index contributed by atoms with van der Waals surface area (Å²) in [4.78, 5) is 11.8. The summed E-state index contributed by atoms with van der Waals surface area (Å²) in [7, 11) is 0. The molecule has 1 aliphatic rings. The van der Waals surface area contributed by atoms with Gasteiger partial charge in [0.1, 0.15) is 5.78 Å². The quantitative estimate of drug-likeness (QED) is 0.751. The summed E-state index contributed by atoms with van der Waals surface area (Å²) in [5.74, 6) is 0.846. The summed E-state index contributed by atoms with van der Waals surface area (Å²) in [5.41, 5.74) is 2.76. The lowest BCUT2D eigenvalue weighted by Crippen LogP contribution is -2.45. The highest BCUT2D eigenvalue weighted by atomic mass is 16.1. The zero-order chi connectivity index (χ0) is 13.6. The molecule has 0 bridgehead atoms. The molecule has 1 nitrogen and oxygen atoms in total. The fraction of sp³-hybridized carbons (Fsp3) is 0.588. The number of carbonyl (C=O) groups excluding carboxylic acids is 1. The highest BCUT2D eigenvalue weighted by molar-refractivity contribution is 5.93. The van der Waals surface area contributed by atoms with Gasteiger partial charge >= 0.3 is 0 Å². The Bertz CT molecular complexity index is 449. The van der Waals surface area contributed by atoms with Crippen molar-refractivity contribution in [3.63, 3.8) is 0 Å². The molecular weight excluding hydrogens is 220 g/mol. The van der Waals surface area contributed by atoms with Crippen LogP contribution in [0.4, 0.5) is 0 Å². The molecule has 0 aliphatic heterocycles. The van der Waals surface area contributed by atoms with Crippen molar-refractivity contribution < 1.29 is 4.79 Å². The minimum Gasteiger partial charge on any atom is -0.299 e. The predicted molar refractivity (Wildman–Crippen MR) is 75.9 cm³/mol. The number of benzene rings is 1. The van der Waals surface area contributed by atoms with E-state index in [1.807, 2.05) is 0 Å². The average Bonchev–Trinajstić information content (AvgIpc) is 2.34. The third-order valence-corrected chi connectivity index (χ3v) is 4.71. The largest absolute Gasteiger partial charge is 0.299 e.